The van der Waals surface area contributed by atoms with Crippen LogP contribution in [-0.4, -0.2) is 30.0 Å². The maximum Gasteiger partial charge on any atom is 0.129 e. The molecule has 1 aliphatic heterocycles. The molecule has 0 amide bonds. The molecule has 82 valence electrons. The number of fused-ring (bicyclic) bond motifs is 1. The van der Waals surface area contributed by atoms with E-state index in [2.05, 4.69) is 0 Å². The molecule has 2 rings (SSSR count). The molecule has 15 heavy (non-hydrogen) atoms. The molecule has 4 nitrogen and oxygen atoms in total. The molecule has 2 N–H and O–H groups in total. The number of aliphatic hydroxyl groups excluding tert-OH is 2. The van der Waals surface area contributed by atoms with Gasteiger partial charge in [0.2, 0.25) is 0 Å². The number of hydrogen-bond donors (Lipinski definition) is 2. The molecule has 4 heteroatoms. The summed E-state index contributed by atoms with van der Waals surface area (Å²) >= 11 is 0. The van der Waals surface area contributed by atoms with Crippen LogP contribution >= 0.6 is 0 Å². The van der Waals surface area contributed by atoms with Crippen molar-refractivity contribution < 1.29 is 19.7 Å². The van der Waals surface area contributed by atoms with E-state index in [-0.39, 0.29) is 6.61 Å². The van der Waals surface area contributed by atoms with E-state index in [1.165, 1.54) is 0 Å². The van der Waals surface area contributed by atoms with Gasteiger partial charge in [0.15, 0.2) is 0 Å². The Bertz CT molecular complexity index is 337. The van der Waals surface area contributed by atoms with Gasteiger partial charge in [-0.05, 0) is 12.1 Å². The second-order valence-corrected chi connectivity index (χ2v) is 3.45. The second-order valence-electron chi connectivity index (χ2n) is 3.45. The van der Waals surface area contributed by atoms with Crippen molar-refractivity contribution in [2.45, 2.75) is 12.5 Å². The van der Waals surface area contributed by atoms with Crippen LogP contribution in [0.25, 0.3) is 0 Å². The zero-order valence-electron chi connectivity index (χ0n) is 8.35. The first-order valence-corrected chi connectivity index (χ1v) is 4.99. The van der Waals surface area contributed by atoms with Crippen LogP contribution in [0, 0.1) is 0 Å². The van der Waals surface area contributed by atoms with Gasteiger partial charge >= 0.3 is 0 Å². The number of benzene rings is 1. The van der Waals surface area contributed by atoms with Crippen molar-refractivity contribution in [2.75, 3.05) is 19.8 Å². The summed E-state index contributed by atoms with van der Waals surface area (Å²) in [6.45, 7) is 0.924. The Labute approximate surface area is 88.1 Å². The smallest absolute Gasteiger partial charge is 0.129 e. The number of rotatable bonds is 4. The Morgan fingerprint density at radius 3 is 3.13 bits per heavy atom. The predicted molar refractivity (Wildman–Crippen MR) is 54.1 cm³/mol. The minimum absolute atomic E-state index is 0.125. The summed E-state index contributed by atoms with van der Waals surface area (Å²) in [5.41, 5.74) is 0.810. The molecule has 0 saturated carbocycles. The van der Waals surface area contributed by atoms with E-state index in [9.17, 15) is 5.11 Å². The topological polar surface area (TPSA) is 58.9 Å². The maximum absolute atomic E-state index is 9.49. The standard InChI is InChI=1S/C11H14O4/c12-4-1-5-14-8-2-3-9-10(13)7-15-11(9)6-8/h2-3,6,10,12-13H,1,4-5,7H2. The first-order chi connectivity index (χ1) is 7.31. The molecule has 1 aliphatic rings. The van der Waals surface area contributed by atoms with Crippen LogP contribution in [0.5, 0.6) is 11.5 Å². The molecule has 0 bridgehead atoms. The molecule has 0 fully saturated rings. The van der Waals surface area contributed by atoms with Gasteiger partial charge in [0.05, 0.1) is 6.61 Å². The zero-order valence-corrected chi connectivity index (χ0v) is 8.35. The summed E-state index contributed by atoms with van der Waals surface area (Å²) in [5, 5.41) is 18.1. The minimum atomic E-state index is -0.522. The summed E-state index contributed by atoms with van der Waals surface area (Å²) in [6, 6.07) is 5.37. The van der Waals surface area contributed by atoms with E-state index < -0.39 is 6.10 Å². The molecule has 1 aromatic rings. The van der Waals surface area contributed by atoms with Gasteiger partial charge in [-0.15, -0.1) is 0 Å². The summed E-state index contributed by atoms with van der Waals surface area (Å²) in [5.74, 6) is 1.39. The average Bonchev–Trinajstić information content (AvgIpc) is 2.61. The van der Waals surface area contributed by atoms with E-state index in [4.69, 9.17) is 14.6 Å². The summed E-state index contributed by atoms with van der Waals surface area (Å²) in [6.07, 6.45) is 0.0899. The van der Waals surface area contributed by atoms with Gasteiger partial charge < -0.3 is 19.7 Å². The highest BCUT2D eigenvalue weighted by molar-refractivity contribution is 5.44. The highest BCUT2D eigenvalue weighted by atomic mass is 16.5. The third kappa shape index (κ3) is 2.22. The SMILES string of the molecule is OCCCOc1ccc2c(c1)OCC2O. The molecule has 0 aliphatic carbocycles. The van der Waals surface area contributed by atoms with Crippen LogP contribution < -0.4 is 9.47 Å². The Morgan fingerprint density at radius 2 is 2.33 bits per heavy atom. The molecular formula is C11H14O4. The Hall–Kier alpha value is -1.26. The van der Waals surface area contributed by atoms with Crippen molar-refractivity contribution in [1.29, 1.82) is 0 Å². The van der Waals surface area contributed by atoms with Crippen LogP contribution in [0.1, 0.15) is 18.1 Å². The first kappa shape index (κ1) is 10.3. The average molecular weight is 210 g/mol. The van der Waals surface area contributed by atoms with Crippen LogP contribution in [0.3, 0.4) is 0 Å². The zero-order chi connectivity index (χ0) is 10.7. The minimum Gasteiger partial charge on any atom is -0.493 e. The number of ether oxygens (including phenoxy) is 2. The molecule has 1 aromatic carbocycles. The Morgan fingerprint density at radius 1 is 1.47 bits per heavy atom. The highest BCUT2D eigenvalue weighted by Crippen LogP contribution is 2.34. The lowest BCUT2D eigenvalue weighted by Gasteiger charge is -2.06. The van der Waals surface area contributed by atoms with E-state index in [0.717, 1.165) is 5.56 Å². The van der Waals surface area contributed by atoms with Crippen molar-refractivity contribution in [3.05, 3.63) is 23.8 Å². The van der Waals surface area contributed by atoms with Gasteiger partial charge in [0.1, 0.15) is 24.2 Å². The number of hydrogen-bond acceptors (Lipinski definition) is 4. The van der Waals surface area contributed by atoms with Crippen LogP contribution in [-0.2, 0) is 0 Å². The largest absolute Gasteiger partial charge is 0.493 e. The van der Waals surface area contributed by atoms with Crippen LogP contribution in [0.2, 0.25) is 0 Å². The Balaban J connectivity index is 2.03. The molecule has 1 unspecified atom stereocenters. The van der Waals surface area contributed by atoms with Crippen molar-refractivity contribution in [1.82, 2.24) is 0 Å². The lowest BCUT2D eigenvalue weighted by Crippen LogP contribution is -1.99. The van der Waals surface area contributed by atoms with E-state index in [0.29, 0.717) is 31.1 Å². The van der Waals surface area contributed by atoms with Crippen molar-refractivity contribution in [2.24, 2.45) is 0 Å². The summed E-state index contributed by atoms with van der Waals surface area (Å²) in [4.78, 5) is 0. The van der Waals surface area contributed by atoms with Crippen LogP contribution in [0.15, 0.2) is 18.2 Å². The maximum atomic E-state index is 9.49. The molecule has 1 atom stereocenters. The summed E-state index contributed by atoms with van der Waals surface area (Å²) < 4.78 is 10.7. The van der Waals surface area contributed by atoms with Gasteiger partial charge in [-0.3, -0.25) is 0 Å². The fourth-order valence-electron chi connectivity index (χ4n) is 1.52. The van der Waals surface area contributed by atoms with Crippen molar-refractivity contribution >= 4 is 0 Å². The molecule has 0 aromatic heterocycles. The van der Waals surface area contributed by atoms with E-state index in [1.807, 2.05) is 0 Å². The van der Waals surface area contributed by atoms with E-state index in [1.54, 1.807) is 18.2 Å². The third-order valence-electron chi connectivity index (χ3n) is 2.31. The van der Waals surface area contributed by atoms with Gasteiger partial charge in [-0.1, -0.05) is 0 Å². The Kier molecular flexibility index (Phi) is 3.08. The van der Waals surface area contributed by atoms with Gasteiger partial charge in [-0.25, -0.2) is 0 Å². The normalized spacial score (nSPS) is 18.4. The molecule has 0 saturated heterocycles. The number of aliphatic hydroxyl groups is 2. The summed E-state index contributed by atoms with van der Waals surface area (Å²) in [7, 11) is 0. The van der Waals surface area contributed by atoms with Crippen molar-refractivity contribution in [3.63, 3.8) is 0 Å². The third-order valence-corrected chi connectivity index (χ3v) is 2.31. The predicted octanol–water partition coefficient (Wildman–Crippen LogP) is 0.874. The fraction of sp³-hybridized carbons (Fsp3) is 0.455. The van der Waals surface area contributed by atoms with Gasteiger partial charge in [0.25, 0.3) is 0 Å². The van der Waals surface area contributed by atoms with Crippen molar-refractivity contribution in [3.8, 4) is 11.5 Å². The molecule has 0 radical (unpaired) electrons. The van der Waals surface area contributed by atoms with Crippen LogP contribution in [0.4, 0.5) is 0 Å². The second kappa shape index (κ2) is 4.51. The lowest BCUT2D eigenvalue weighted by molar-refractivity contribution is 0.140. The van der Waals surface area contributed by atoms with Gasteiger partial charge in [-0.2, -0.15) is 0 Å². The lowest BCUT2D eigenvalue weighted by atomic mass is 10.1. The molecule has 0 spiro atoms. The van der Waals surface area contributed by atoms with E-state index >= 15 is 0 Å². The monoisotopic (exact) mass is 210 g/mol. The molecular weight excluding hydrogens is 196 g/mol. The highest BCUT2D eigenvalue weighted by Gasteiger charge is 2.21. The van der Waals surface area contributed by atoms with Gasteiger partial charge in [0, 0.05) is 24.7 Å². The molecule has 1 heterocycles. The quantitative estimate of drug-likeness (QED) is 0.724. The fourth-order valence-corrected chi connectivity index (χ4v) is 1.52. The first-order valence-electron chi connectivity index (χ1n) is 4.99.